The van der Waals surface area contributed by atoms with Gasteiger partial charge >= 0.3 is 0 Å². The summed E-state index contributed by atoms with van der Waals surface area (Å²) in [5, 5.41) is 0. The van der Waals surface area contributed by atoms with E-state index in [1.54, 1.807) is 48.2 Å². The summed E-state index contributed by atoms with van der Waals surface area (Å²) in [6.45, 7) is 8.48. The Labute approximate surface area is 184 Å². The second-order valence-electron chi connectivity index (χ2n) is 8.05. The van der Waals surface area contributed by atoms with E-state index in [9.17, 15) is 17.6 Å². The van der Waals surface area contributed by atoms with Crippen molar-refractivity contribution in [1.29, 1.82) is 0 Å². The van der Waals surface area contributed by atoms with Crippen LogP contribution in [0.15, 0.2) is 60.0 Å². The molecule has 0 radical (unpaired) electrons. The fourth-order valence-corrected chi connectivity index (χ4v) is 5.73. The van der Waals surface area contributed by atoms with Gasteiger partial charge in [-0.2, -0.15) is 4.31 Å². The first-order valence-electron chi connectivity index (χ1n) is 10.4. The SMILES string of the molecule is C=CCN(Cc1ccccc1F)C(=O)C1CCN(S(=O)(=O)c2ccc(C)cc2C)CC1. The first-order valence-corrected chi connectivity index (χ1v) is 11.9. The number of carbonyl (C=O) groups is 1. The third-order valence-electron chi connectivity index (χ3n) is 5.73. The molecular formula is C24H29FN2O3S. The van der Waals surface area contributed by atoms with Crippen molar-refractivity contribution < 1.29 is 17.6 Å². The predicted octanol–water partition coefficient (Wildman–Crippen LogP) is 4.06. The Balaban J connectivity index is 1.69. The molecular weight excluding hydrogens is 415 g/mol. The van der Waals surface area contributed by atoms with Gasteiger partial charge in [0.2, 0.25) is 15.9 Å². The minimum Gasteiger partial charge on any atom is -0.334 e. The number of nitrogens with zero attached hydrogens (tertiary/aromatic N) is 2. The van der Waals surface area contributed by atoms with Gasteiger partial charge in [-0.3, -0.25) is 4.79 Å². The smallest absolute Gasteiger partial charge is 0.243 e. The van der Waals surface area contributed by atoms with E-state index < -0.39 is 10.0 Å². The van der Waals surface area contributed by atoms with E-state index in [0.29, 0.717) is 29.8 Å². The topological polar surface area (TPSA) is 57.7 Å². The number of hydrogen-bond acceptors (Lipinski definition) is 3. The van der Waals surface area contributed by atoms with E-state index in [1.807, 2.05) is 13.0 Å². The van der Waals surface area contributed by atoms with E-state index in [0.717, 1.165) is 11.1 Å². The summed E-state index contributed by atoms with van der Waals surface area (Å²) in [6.07, 6.45) is 2.50. The third kappa shape index (κ3) is 5.22. The number of halogens is 1. The van der Waals surface area contributed by atoms with Crippen LogP contribution in [0.1, 0.15) is 29.5 Å². The molecule has 1 fully saturated rings. The standard InChI is InChI=1S/C24H29FN2O3S/c1-4-13-26(17-21-7-5-6-8-22(21)25)24(28)20-11-14-27(15-12-20)31(29,30)23-10-9-18(2)16-19(23)3/h4-10,16,20H,1,11-15,17H2,2-3H3. The minimum atomic E-state index is -3.60. The second-order valence-corrected chi connectivity index (χ2v) is 9.95. The fraction of sp³-hybridized carbons (Fsp3) is 0.375. The van der Waals surface area contributed by atoms with Crippen LogP contribution >= 0.6 is 0 Å². The van der Waals surface area contributed by atoms with Gasteiger partial charge in [-0.05, 0) is 44.4 Å². The molecule has 0 aromatic heterocycles. The Kier molecular flexibility index (Phi) is 7.28. The molecule has 2 aromatic carbocycles. The number of carbonyl (C=O) groups excluding carboxylic acids is 1. The monoisotopic (exact) mass is 444 g/mol. The van der Waals surface area contributed by atoms with E-state index in [1.165, 1.54) is 10.4 Å². The average molecular weight is 445 g/mol. The normalized spacial score (nSPS) is 15.6. The van der Waals surface area contributed by atoms with Crippen LogP contribution in [0, 0.1) is 25.6 Å². The Morgan fingerprint density at radius 3 is 2.48 bits per heavy atom. The van der Waals surface area contributed by atoms with Gasteiger partial charge < -0.3 is 4.90 Å². The van der Waals surface area contributed by atoms with Gasteiger partial charge in [0.1, 0.15) is 5.82 Å². The Bertz CT molecular complexity index is 1060. The zero-order chi connectivity index (χ0) is 22.6. The summed E-state index contributed by atoms with van der Waals surface area (Å²) in [5.74, 6) is -0.734. The van der Waals surface area contributed by atoms with Gasteiger partial charge in [-0.25, -0.2) is 12.8 Å². The van der Waals surface area contributed by atoms with E-state index in [-0.39, 0.29) is 37.3 Å². The molecule has 0 bridgehead atoms. The third-order valence-corrected chi connectivity index (χ3v) is 7.79. The summed E-state index contributed by atoms with van der Waals surface area (Å²) < 4.78 is 41.7. The van der Waals surface area contributed by atoms with Crippen molar-refractivity contribution in [3.63, 3.8) is 0 Å². The molecule has 0 N–H and O–H groups in total. The molecule has 1 heterocycles. The number of rotatable bonds is 7. The molecule has 0 atom stereocenters. The quantitative estimate of drug-likeness (QED) is 0.605. The van der Waals surface area contributed by atoms with Gasteiger partial charge in [0.05, 0.1) is 4.90 Å². The fourth-order valence-electron chi connectivity index (χ4n) is 4.05. The molecule has 0 unspecified atom stereocenters. The molecule has 0 spiro atoms. The molecule has 1 aliphatic rings. The summed E-state index contributed by atoms with van der Waals surface area (Å²) in [5.41, 5.74) is 2.19. The molecule has 3 rings (SSSR count). The molecule has 31 heavy (non-hydrogen) atoms. The van der Waals surface area contributed by atoms with Gasteiger partial charge in [0, 0.05) is 37.7 Å². The number of benzene rings is 2. The van der Waals surface area contributed by atoms with Crippen molar-refractivity contribution in [3.8, 4) is 0 Å². The number of piperidine rings is 1. The zero-order valence-corrected chi connectivity index (χ0v) is 18.9. The lowest BCUT2D eigenvalue weighted by Gasteiger charge is -2.33. The Morgan fingerprint density at radius 2 is 1.87 bits per heavy atom. The highest BCUT2D eigenvalue weighted by Crippen LogP contribution is 2.27. The van der Waals surface area contributed by atoms with E-state index in [4.69, 9.17) is 0 Å². The lowest BCUT2D eigenvalue weighted by molar-refractivity contribution is -0.136. The van der Waals surface area contributed by atoms with E-state index in [2.05, 4.69) is 6.58 Å². The maximum Gasteiger partial charge on any atom is 0.243 e. The number of aryl methyl sites for hydroxylation is 2. The molecule has 1 amide bonds. The number of sulfonamides is 1. The zero-order valence-electron chi connectivity index (χ0n) is 18.1. The van der Waals surface area contributed by atoms with Gasteiger partial charge in [-0.1, -0.05) is 42.0 Å². The Morgan fingerprint density at radius 1 is 1.19 bits per heavy atom. The highest BCUT2D eigenvalue weighted by molar-refractivity contribution is 7.89. The van der Waals surface area contributed by atoms with Crippen molar-refractivity contribution >= 4 is 15.9 Å². The lowest BCUT2D eigenvalue weighted by atomic mass is 9.96. The summed E-state index contributed by atoms with van der Waals surface area (Å²) in [4.78, 5) is 15.0. The highest BCUT2D eigenvalue weighted by Gasteiger charge is 2.34. The maximum atomic E-state index is 14.1. The molecule has 5 nitrogen and oxygen atoms in total. The molecule has 1 saturated heterocycles. The minimum absolute atomic E-state index is 0.0910. The first-order chi connectivity index (χ1) is 14.7. The summed E-state index contributed by atoms with van der Waals surface area (Å²) in [7, 11) is -3.60. The molecule has 0 saturated carbocycles. The molecule has 2 aromatic rings. The lowest BCUT2D eigenvalue weighted by Crippen LogP contribution is -2.44. The van der Waals surface area contributed by atoms with Crippen LogP contribution in [0.25, 0.3) is 0 Å². The van der Waals surface area contributed by atoms with E-state index >= 15 is 0 Å². The van der Waals surface area contributed by atoms with Crippen LogP contribution in [-0.2, 0) is 21.4 Å². The van der Waals surface area contributed by atoms with Crippen molar-refractivity contribution in [3.05, 3.63) is 77.6 Å². The first kappa shape index (κ1) is 23.2. The number of amides is 1. The second kappa shape index (κ2) is 9.75. The van der Waals surface area contributed by atoms with Gasteiger partial charge in [0.25, 0.3) is 0 Å². The average Bonchev–Trinajstić information content (AvgIpc) is 2.74. The van der Waals surface area contributed by atoms with Crippen molar-refractivity contribution in [2.75, 3.05) is 19.6 Å². The summed E-state index contributed by atoms with van der Waals surface area (Å²) in [6, 6.07) is 11.7. The van der Waals surface area contributed by atoms with Crippen molar-refractivity contribution in [2.45, 2.75) is 38.1 Å². The molecule has 1 aliphatic heterocycles. The van der Waals surface area contributed by atoms with Gasteiger partial charge in [-0.15, -0.1) is 6.58 Å². The predicted molar refractivity (Wildman–Crippen MR) is 119 cm³/mol. The van der Waals surface area contributed by atoms with Crippen molar-refractivity contribution in [2.24, 2.45) is 5.92 Å². The van der Waals surface area contributed by atoms with Crippen LogP contribution in [0.5, 0.6) is 0 Å². The Hall–Kier alpha value is -2.51. The summed E-state index contributed by atoms with van der Waals surface area (Å²) >= 11 is 0. The maximum absolute atomic E-state index is 14.1. The molecule has 0 aliphatic carbocycles. The van der Waals surface area contributed by atoms with Crippen LogP contribution in [0.2, 0.25) is 0 Å². The van der Waals surface area contributed by atoms with Crippen molar-refractivity contribution in [1.82, 2.24) is 9.21 Å². The van der Waals surface area contributed by atoms with Crippen LogP contribution in [0.3, 0.4) is 0 Å². The van der Waals surface area contributed by atoms with Crippen LogP contribution in [-0.4, -0.2) is 43.2 Å². The molecule has 166 valence electrons. The van der Waals surface area contributed by atoms with Crippen LogP contribution in [0.4, 0.5) is 4.39 Å². The highest BCUT2D eigenvalue weighted by atomic mass is 32.2. The molecule has 7 heteroatoms. The largest absolute Gasteiger partial charge is 0.334 e. The van der Waals surface area contributed by atoms with Gasteiger partial charge in [0.15, 0.2) is 0 Å². The number of hydrogen-bond donors (Lipinski definition) is 0. The van der Waals surface area contributed by atoms with Crippen LogP contribution < -0.4 is 0 Å².